The number of aliphatic carboxylic acids is 3. The third-order valence-corrected chi connectivity index (χ3v) is 14.3. The summed E-state index contributed by atoms with van der Waals surface area (Å²) >= 11 is 1.89. The number of carbonyl (C=O) groups is 7. The molecular weight excluding hydrogens is 1140 g/mol. The van der Waals surface area contributed by atoms with Crippen LogP contribution < -0.4 is 26.6 Å². The number of amides is 6. The van der Waals surface area contributed by atoms with Crippen molar-refractivity contribution in [3.63, 3.8) is 0 Å². The van der Waals surface area contributed by atoms with Crippen molar-refractivity contribution in [2.24, 2.45) is 0 Å². The smallest absolute Gasteiger partial charge is 0.326 e. The second-order valence-corrected chi connectivity index (χ2v) is 20.7. The molecule has 5 atom stereocenters. The lowest BCUT2D eigenvalue weighted by Gasteiger charge is -2.24. The number of hydrogen-bond acceptors (Lipinski definition) is 20. The number of nitrogens with zero attached hydrogens (tertiary/aromatic N) is 1. The van der Waals surface area contributed by atoms with Crippen LogP contribution in [-0.4, -0.2) is 269 Å². The fourth-order valence-electron chi connectivity index (χ4n) is 8.35. The quantitative estimate of drug-likeness (QED) is 0.0340. The molecular formula is C56H94N6O22S. The summed E-state index contributed by atoms with van der Waals surface area (Å²) in [6, 6.07) is 5.86. The van der Waals surface area contributed by atoms with Gasteiger partial charge in [0.2, 0.25) is 11.8 Å². The zero-order chi connectivity index (χ0) is 61.2. The molecule has 0 radical (unpaired) electrons. The van der Waals surface area contributed by atoms with E-state index in [1.54, 1.807) is 4.90 Å². The number of unbranched alkanes of at least 4 members (excludes halogenated alkanes) is 2. The first-order valence-corrected chi connectivity index (χ1v) is 30.4. The van der Waals surface area contributed by atoms with Crippen LogP contribution >= 0.6 is 11.8 Å². The van der Waals surface area contributed by atoms with Crippen LogP contribution in [0.5, 0.6) is 0 Å². The van der Waals surface area contributed by atoms with E-state index in [1.807, 2.05) is 42.1 Å². The maximum atomic E-state index is 13.2. The van der Waals surface area contributed by atoms with Gasteiger partial charge in [0.15, 0.2) is 0 Å². The van der Waals surface area contributed by atoms with Gasteiger partial charge in [0.1, 0.15) is 12.1 Å². The summed E-state index contributed by atoms with van der Waals surface area (Å²) in [5.74, 6) is -3.19. The standard InChI is InChI=1S/C56H94N6O22S/c63-49(12-5-4-11-48-52-47(43-85-48)60-56(72)61-52)57-16-19-74-21-23-76-25-27-78-29-31-80-33-35-82-37-39-84-41-40-83-38-36-81-34-32-79-30-28-77-26-24-75-22-20-73-18-15-50(64)62(42-44-8-2-1-3-9-44)17-7-6-10-45(53(67)68)58-55(71)59-46(54(69)70)13-14-51(65)66/h1-3,8-9,45-48,52H,4-7,10-43H2,(H,57,63)(H,65,66)(H,67,68)(H,69,70)(H2,58,59,71)(H2,60,61,72)/t45-,46-,47-,48-,52-/m0/s1. The highest BCUT2D eigenvalue weighted by molar-refractivity contribution is 8.00. The Labute approximate surface area is 502 Å². The number of rotatable bonds is 58. The molecule has 2 saturated heterocycles. The average molecular weight is 1240 g/mol. The molecule has 0 bridgehead atoms. The summed E-state index contributed by atoms with van der Waals surface area (Å²) in [7, 11) is 0. The van der Waals surface area contributed by atoms with Gasteiger partial charge in [-0.15, -0.1) is 0 Å². The molecule has 0 aromatic heterocycles. The SMILES string of the molecule is O=C(O)CC[C@H](NC(=O)N[C@@H](CCCCN(Cc1ccccc1)C(=O)CCOCCOCCOCCOCCOCCOCCOCCOCCOCCOCCOCCOCCNC(=O)CCCC[C@@H]1SC[C@@H]2NC(=O)N[C@@H]21)C(=O)O)C(=O)O. The van der Waals surface area contributed by atoms with Crippen molar-refractivity contribution < 1.29 is 106 Å². The summed E-state index contributed by atoms with van der Waals surface area (Å²) in [4.78, 5) is 84.9. The fourth-order valence-corrected chi connectivity index (χ4v) is 9.89. The maximum absolute atomic E-state index is 13.2. The van der Waals surface area contributed by atoms with Crippen LogP contribution in [0, 0.1) is 0 Å². The molecule has 2 heterocycles. The van der Waals surface area contributed by atoms with Crippen LogP contribution in [0.25, 0.3) is 0 Å². The monoisotopic (exact) mass is 1230 g/mol. The Bertz CT molecular complexity index is 1960. The molecule has 0 aliphatic carbocycles. The molecule has 0 unspecified atom stereocenters. The van der Waals surface area contributed by atoms with Crippen molar-refractivity contribution in [3.8, 4) is 0 Å². The second-order valence-electron chi connectivity index (χ2n) is 19.4. The van der Waals surface area contributed by atoms with Crippen LogP contribution in [0.15, 0.2) is 30.3 Å². The van der Waals surface area contributed by atoms with E-state index in [0.29, 0.717) is 189 Å². The maximum Gasteiger partial charge on any atom is 0.326 e. The normalized spacial score (nSPS) is 16.0. The van der Waals surface area contributed by atoms with Gasteiger partial charge in [-0.05, 0) is 44.1 Å². The molecule has 8 N–H and O–H groups in total. The Kier molecular flexibility index (Phi) is 43.7. The average Bonchev–Trinajstić information content (AvgIpc) is 3.95. The molecule has 3 rings (SSSR count). The molecule has 2 aliphatic rings. The Balaban J connectivity index is 0.987. The predicted octanol–water partition coefficient (Wildman–Crippen LogP) is 1.69. The van der Waals surface area contributed by atoms with Gasteiger partial charge in [0, 0.05) is 43.5 Å². The number of carboxylic acid groups (broad SMARTS) is 3. The van der Waals surface area contributed by atoms with Gasteiger partial charge in [0.05, 0.1) is 177 Å². The van der Waals surface area contributed by atoms with Crippen molar-refractivity contribution in [2.45, 2.75) is 100 Å². The van der Waals surface area contributed by atoms with Crippen molar-refractivity contribution >= 4 is 53.5 Å². The van der Waals surface area contributed by atoms with Crippen LogP contribution in [0.1, 0.15) is 69.8 Å². The predicted molar refractivity (Wildman–Crippen MR) is 309 cm³/mol. The van der Waals surface area contributed by atoms with Crippen molar-refractivity contribution in [2.75, 3.05) is 177 Å². The number of thioether (sulfide) groups is 1. The second kappa shape index (κ2) is 50.0. The Morgan fingerprint density at radius 3 is 1.44 bits per heavy atom. The summed E-state index contributed by atoms with van der Waals surface area (Å²) in [6.07, 6.45) is 3.27. The first kappa shape index (κ1) is 74.2. The van der Waals surface area contributed by atoms with E-state index in [9.17, 15) is 43.8 Å². The van der Waals surface area contributed by atoms with Crippen molar-refractivity contribution in [1.29, 1.82) is 0 Å². The number of carbonyl (C=O) groups excluding carboxylic acids is 4. The summed E-state index contributed by atoms with van der Waals surface area (Å²) < 4.78 is 66.4. The van der Waals surface area contributed by atoms with E-state index < -0.39 is 42.4 Å². The molecule has 0 spiro atoms. The van der Waals surface area contributed by atoms with Gasteiger partial charge in [-0.1, -0.05) is 36.8 Å². The number of hydrogen-bond donors (Lipinski definition) is 8. The van der Waals surface area contributed by atoms with Gasteiger partial charge in [-0.2, -0.15) is 11.8 Å². The minimum atomic E-state index is -1.51. The molecule has 1 aromatic carbocycles. The molecule has 2 aliphatic heterocycles. The Morgan fingerprint density at radius 1 is 0.529 bits per heavy atom. The number of urea groups is 2. The number of nitrogens with one attached hydrogen (secondary N) is 5. The highest BCUT2D eigenvalue weighted by Gasteiger charge is 2.42. The van der Waals surface area contributed by atoms with Crippen LogP contribution in [0.4, 0.5) is 9.59 Å². The lowest BCUT2D eigenvalue weighted by atomic mass is 10.0. The molecule has 486 valence electrons. The number of benzene rings is 1. The minimum absolute atomic E-state index is 0.00828. The number of ether oxygens (including phenoxy) is 12. The number of fused-ring (bicyclic) bond motifs is 1. The summed E-state index contributed by atoms with van der Waals surface area (Å²) in [5, 5.41) is 41.4. The molecule has 6 amide bonds. The van der Waals surface area contributed by atoms with Crippen molar-refractivity contribution in [1.82, 2.24) is 31.5 Å². The van der Waals surface area contributed by atoms with E-state index in [1.165, 1.54) is 0 Å². The zero-order valence-corrected chi connectivity index (χ0v) is 49.9. The number of carboxylic acids is 3. The molecule has 85 heavy (non-hydrogen) atoms. The molecule has 28 nitrogen and oxygen atoms in total. The Hall–Kier alpha value is -5.02. The van der Waals surface area contributed by atoms with Gasteiger partial charge < -0.3 is 104 Å². The van der Waals surface area contributed by atoms with Crippen LogP contribution in [-0.2, 0) is 87.4 Å². The fraction of sp³-hybridized carbons (Fsp3) is 0.768. The third-order valence-electron chi connectivity index (χ3n) is 12.8. The molecule has 0 saturated carbocycles. The van der Waals surface area contributed by atoms with Crippen LogP contribution in [0.2, 0.25) is 0 Å². The summed E-state index contributed by atoms with van der Waals surface area (Å²) in [6.45, 7) is 11.0. The topological polar surface area (TPSA) is 354 Å². The largest absolute Gasteiger partial charge is 0.481 e. The van der Waals surface area contributed by atoms with E-state index in [0.717, 1.165) is 30.6 Å². The van der Waals surface area contributed by atoms with E-state index in [4.69, 9.17) is 61.9 Å². The van der Waals surface area contributed by atoms with Gasteiger partial charge in [-0.25, -0.2) is 19.2 Å². The van der Waals surface area contributed by atoms with Gasteiger partial charge in [-0.3, -0.25) is 14.4 Å². The van der Waals surface area contributed by atoms with Crippen LogP contribution in [0.3, 0.4) is 0 Å². The summed E-state index contributed by atoms with van der Waals surface area (Å²) in [5.41, 5.74) is 0.912. The van der Waals surface area contributed by atoms with E-state index in [2.05, 4.69) is 26.6 Å². The molecule has 29 heteroatoms. The molecule has 1 aromatic rings. The Morgan fingerprint density at radius 2 is 0.976 bits per heavy atom. The van der Waals surface area contributed by atoms with Gasteiger partial charge in [0.25, 0.3) is 0 Å². The van der Waals surface area contributed by atoms with Gasteiger partial charge >= 0.3 is 30.0 Å². The van der Waals surface area contributed by atoms with E-state index >= 15 is 0 Å². The lowest BCUT2D eigenvalue weighted by molar-refractivity contribution is -0.141. The zero-order valence-electron chi connectivity index (χ0n) is 49.1. The first-order valence-electron chi connectivity index (χ1n) is 29.4. The molecule has 2 fully saturated rings. The first-order chi connectivity index (χ1) is 41.4. The van der Waals surface area contributed by atoms with E-state index in [-0.39, 0.29) is 62.4 Å². The minimum Gasteiger partial charge on any atom is -0.481 e. The van der Waals surface area contributed by atoms with Crippen molar-refractivity contribution in [3.05, 3.63) is 35.9 Å². The third kappa shape index (κ3) is 39.4. The highest BCUT2D eigenvalue weighted by Crippen LogP contribution is 2.33. The highest BCUT2D eigenvalue weighted by atomic mass is 32.2. The lowest BCUT2D eigenvalue weighted by Crippen LogP contribution is -2.51.